The number of carbonyl (C=O) groups excluding carboxylic acids is 1. The third kappa shape index (κ3) is 4.13. The fourth-order valence-corrected chi connectivity index (χ4v) is 3.71. The highest BCUT2D eigenvalue weighted by Crippen LogP contribution is 2.26. The van der Waals surface area contributed by atoms with Gasteiger partial charge in [0.25, 0.3) is 0 Å². The van der Waals surface area contributed by atoms with Gasteiger partial charge in [0.2, 0.25) is 5.91 Å². The van der Waals surface area contributed by atoms with Crippen LogP contribution in [-0.4, -0.2) is 66.3 Å². The van der Waals surface area contributed by atoms with Crippen molar-refractivity contribution in [3.05, 3.63) is 40.7 Å². The van der Waals surface area contributed by atoms with Crippen LogP contribution < -0.4 is 15.2 Å². The number of H-pyrrole nitrogens is 1. The molecule has 1 amide bonds. The Morgan fingerprint density at radius 3 is 2.50 bits per heavy atom. The lowest BCUT2D eigenvalue weighted by Crippen LogP contribution is -2.50. The summed E-state index contributed by atoms with van der Waals surface area (Å²) in [6.45, 7) is 7.36. The van der Waals surface area contributed by atoms with Crippen molar-refractivity contribution < 1.29 is 14.3 Å². The molecule has 1 aromatic carbocycles. The lowest BCUT2D eigenvalue weighted by molar-refractivity contribution is -0.134. The predicted molar refractivity (Wildman–Crippen MR) is 106 cm³/mol. The number of nitrogens with zero attached hydrogens (tertiary/aromatic N) is 3. The Balaban J connectivity index is 1.61. The minimum absolute atomic E-state index is 0.0498. The number of ether oxygens (including phenoxy) is 2. The van der Waals surface area contributed by atoms with Crippen LogP contribution in [0.5, 0.6) is 11.5 Å². The number of methoxy groups -OCH3 is 2. The number of benzene rings is 1. The molecule has 0 spiro atoms. The molecule has 0 aliphatic carbocycles. The molecular weight excluding hydrogens is 358 g/mol. The zero-order chi connectivity index (χ0) is 20.3. The van der Waals surface area contributed by atoms with E-state index in [4.69, 9.17) is 15.2 Å². The quantitative estimate of drug-likeness (QED) is 0.778. The summed E-state index contributed by atoms with van der Waals surface area (Å²) in [5, 5.41) is 7.05. The van der Waals surface area contributed by atoms with Crippen LogP contribution in [0.1, 0.15) is 28.6 Å². The van der Waals surface area contributed by atoms with E-state index < -0.39 is 6.04 Å². The maximum Gasteiger partial charge on any atom is 0.244 e. The molecular formula is C20H29N5O3. The number of amides is 1. The minimum Gasteiger partial charge on any atom is -0.497 e. The molecule has 3 rings (SSSR count). The molecule has 2 heterocycles. The van der Waals surface area contributed by atoms with Crippen LogP contribution in [0.4, 0.5) is 0 Å². The van der Waals surface area contributed by atoms with Crippen LogP contribution >= 0.6 is 0 Å². The van der Waals surface area contributed by atoms with Gasteiger partial charge in [0.05, 0.1) is 19.9 Å². The molecule has 28 heavy (non-hydrogen) atoms. The molecule has 1 atom stereocenters. The van der Waals surface area contributed by atoms with Gasteiger partial charge in [-0.3, -0.25) is 14.8 Å². The average molecular weight is 387 g/mol. The summed E-state index contributed by atoms with van der Waals surface area (Å²) in [6.07, 6.45) is 0. The maximum atomic E-state index is 12.9. The summed E-state index contributed by atoms with van der Waals surface area (Å²) in [6, 6.07) is 5.13. The molecule has 8 heteroatoms. The Bertz CT molecular complexity index is 808. The smallest absolute Gasteiger partial charge is 0.244 e. The van der Waals surface area contributed by atoms with Gasteiger partial charge in [0, 0.05) is 49.5 Å². The van der Waals surface area contributed by atoms with Gasteiger partial charge in [-0.15, -0.1) is 0 Å². The second-order valence-electron chi connectivity index (χ2n) is 7.10. The predicted octanol–water partition coefficient (Wildman–Crippen LogP) is 1.39. The van der Waals surface area contributed by atoms with Crippen LogP contribution in [0.2, 0.25) is 0 Å². The molecule has 0 radical (unpaired) electrons. The summed E-state index contributed by atoms with van der Waals surface area (Å²) in [5.41, 5.74) is 9.75. The summed E-state index contributed by atoms with van der Waals surface area (Å²) in [7, 11) is 3.33. The molecule has 152 valence electrons. The van der Waals surface area contributed by atoms with Crippen molar-refractivity contribution in [1.29, 1.82) is 0 Å². The van der Waals surface area contributed by atoms with Crippen molar-refractivity contribution in [2.24, 2.45) is 5.73 Å². The highest BCUT2D eigenvalue weighted by molar-refractivity contribution is 5.83. The van der Waals surface area contributed by atoms with E-state index >= 15 is 0 Å². The largest absolute Gasteiger partial charge is 0.497 e. The van der Waals surface area contributed by atoms with E-state index in [9.17, 15) is 4.79 Å². The molecule has 1 aromatic heterocycles. The maximum absolute atomic E-state index is 12.9. The Hall–Kier alpha value is -2.58. The molecule has 1 aliphatic heterocycles. The number of aryl methyl sites for hydroxylation is 2. The molecule has 1 saturated heterocycles. The zero-order valence-corrected chi connectivity index (χ0v) is 17.0. The first-order valence-electron chi connectivity index (χ1n) is 9.43. The Kier molecular flexibility index (Phi) is 6.21. The van der Waals surface area contributed by atoms with Gasteiger partial charge in [-0.2, -0.15) is 5.10 Å². The lowest BCUT2D eigenvalue weighted by atomic mass is 10.0. The summed E-state index contributed by atoms with van der Waals surface area (Å²) in [5.74, 6) is 1.60. The number of piperazine rings is 1. The third-order valence-electron chi connectivity index (χ3n) is 5.33. The zero-order valence-electron chi connectivity index (χ0n) is 17.0. The van der Waals surface area contributed by atoms with E-state index in [1.165, 1.54) is 0 Å². The van der Waals surface area contributed by atoms with Crippen molar-refractivity contribution in [3.8, 4) is 11.5 Å². The van der Waals surface area contributed by atoms with Gasteiger partial charge in [-0.05, 0) is 32.0 Å². The van der Waals surface area contributed by atoms with E-state index in [0.717, 1.165) is 53.6 Å². The number of carbonyl (C=O) groups is 1. The van der Waals surface area contributed by atoms with E-state index in [0.29, 0.717) is 13.1 Å². The number of aromatic nitrogens is 2. The van der Waals surface area contributed by atoms with Crippen molar-refractivity contribution in [2.45, 2.75) is 26.4 Å². The molecule has 8 nitrogen and oxygen atoms in total. The number of hydrogen-bond acceptors (Lipinski definition) is 6. The molecule has 0 saturated carbocycles. The van der Waals surface area contributed by atoms with E-state index in [1.54, 1.807) is 14.2 Å². The average Bonchev–Trinajstić information content (AvgIpc) is 3.05. The second kappa shape index (κ2) is 8.62. The molecule has 2 aromatic rings. The normalized spacial score (nSPS) is 16.1. The topological polar surface area (TPSA) is 96.7 Å². The van der Waals surface area contributed by atoms with E-state index in [-0.39, 0.29) is 5.91 Å². The van der Waals surface area contributed by atoms with Gasteiger partial charge in [0.1, 0.15) is 17.5 Å². The van der Waals surface area contributed by atoms with Crippen molar-refractivity contribution >= 4 is 5.91 Å². The molecule has 3 N–H and O–H groups in total. The summed E-state index contributed by atoms with van der Waals surface area (Å²) < 4.78 is 10.8. The Morgan fingerprint density at radius 2 is 1.93 bits per heavy atom. The van der Waals surface area contributed by atoms with Crippen LogP contribution in [0.3, 0.4) is 0 Å². The van der Waals surface area contributed by atoms with Crippen LogP contribution in [-0.2, 0) is 11.3 Å². The van der Waals surface area contributed by atoms with Crippen LogP contribution in [0.15, 0.2) is 18.2 Å². The van der Waals surface area contributed by atoms with Crippen LogP contribution in [0.25, 0.3) is 0 Å². The first kappa shape index (κ1) is 20.2. The first-order valence-corrected chi connectivity index (χ1v) is 9.43. The summed E-state index contributed by atoms with van der Waals surface area (Å²) in [4.78, 5) is 17.0. The van der Waals surface area contributed by atoms with Gasteiger partial charge in [0.15, 0.2) is 0 Å². The second-order valence-corrected chi connectivity index (χ2v) is 7.10. The number of aromatic amines is 1. The Morgan fingerprint density at radius 1 is 1.21 bits per heavy atom. The fraction of sp³-hybridized carbons (Fsp3) is 0.500. The molecule has 0 bridgehead atoms. The number of nitrogens with two attached hydrogens (primary N) is 1. The van der Waals surface area contributed by atoms with Gasteiger partial charge < -0.3 is 20.1 Å². The monoisotopic (exact) mass is 387 g/mol. The number of rotatable bonds is 6. The van der Waals surface area contributed by atoms with E-state index in [2.05, 4.69) is 15.1 Å². The van der Waals surface area contributed by atoms with Gasteiger partial charge in [-0.25, -0.2) is 0 Å². The standard InChI is InChI=1S/C20H29N5O3/c1-13-18(14(2)23-22-13)19(21)20(26)25-9-7-24(8-10-25)12-15-11-16(27-3)5-6-17(15)28-4/h5-6,11,19H,7-10,12,21H2,1-4H3,(H,22,23)/t19-/m0/s1. The molecule has 1 fully saturated rings. The number of nitrogens with one attached hydrogen (secondary N) is 1. The van der Waals surface area contributed by atoms with Crippen LogP contribution in [0, 0.1) is 13.8 Å². The highest BCUT2D eigenvalue weighted by Gasteiger charge is 2.29. The SMILES string of the molecule is COc1ccc(OC)c(CN2CCN(C(=O)[C@@H](N)c3c(C)n[nH]c3C)CC2)c1. The third-order valence-corrected chi connectivity index (χ3v) is 5.33. The van der Waals surface area contributed by atoms with Crippen molar-refractivity contribution in [2.75, 3.05) is 40.4 Å². The van der Waals surface area contributed by atoms with Crippen molar-refractivity contribution in [1.82, 2.24) is 20.0 Å². The fourth-order valence-electron chi connectivity index (χ4n) is 3.71. The van der Waals surface area contributed by atoms with E-state index in [1.807, 2.05) is 36.9 Å². The Labute approximate surface area is 165 Å². The molecule has 0 unspecified atom stereocenters. The number of hydrogen-bond donors (Lipinski definition) is 2. The first-order chi connectivity index (χ1) is 13.4. The molecule has 1 aliphatic rings. The van der Waals surface area contributed by atoms with Gasteiger partial charge >= 0.3 is 0 Å². The lowest BCUT2D eigenvalue weighted by Gasteiger charge is -2.36. The highest BCUT2D eigenvalue weighted by atomic mass is 16.5. The van der Waals surface area contributed by atoms with Gasteiger partial charge in [-0.1, -0.05) is 0 Å². The minimum atomic E-state index is -0.677. The van der Waals surface area contributed by atoms with Crippen molar-refractivity contribution in [3.63, 3.8) is 0 Å². The summed E-state index contributed by atoms with van der Waals surface area (Å²) >= 11 is 0.